The Bertz CT molecular complexity index is 964. The summed E-state index contributed by atoms with van der Waals surface area (Å²) < 4.78 is 14.0. The highest BCUT2D eigenvalue weighted by molar-refractivity contribution is 5.98. The summed E-state index contributed by atoms with van der Waals surface area (Å²) in [4.78, 5) is 28.8. The second kappa shape index (κ2) is 6.58. The van der Waals surface area contributed by atoms with Gasteiger partial charge in [0.25, 0.3) is 11.8 Å². The Morgan fingerprint density at radius 3 is 2.85 bits per heavy atom. The van der Waals surface area contributed by atoms with E-state index in [1.807, 2.05) is 0 Å². The summed E-state index contributed by atoms with van der Waals surface area (Å²) in [6.45, 7) is 0.399. The van der Waals surface area contributed by atoms with Crippen molar-refractivity contribution in [2.45, 2.75) is 12.0 Å². The molecule has 1 aliphatic rings. The highest BCUT2D eigenvalue weighted by atomic mass is 19.1. The van der Waals surface area contributed by atoms with Crippen LogP contribution in [0.1, 0.15) is 22.5 Å². The van der Waals surface area contributed by atoms with Crippen LogP contribution in [0.3, 0.4) is 0 Å². The monoisotopic (exact) mass is 353 g/mol. The number of nitrogens with zero attached hydrogens (tertiary/aromatic N) is 2. The molecule has 2 amide bonds. The largest absolute Gasteiger partial charge is 0.369 e. The van der Waals surface area contributed by atoms with E-state index >= 15 is 0 Å². The zero-order valence-corrected chi connectivity index (χ0v) is 14.0. The number of nitrogens with two attached hydrogens (primary N) is 1. The number of primary amides is 1. The van der Waals surface area contributed by atoms with Gasteiger partial charge in [0.2, 0.25) is 5.60 Å². The number of carbonyl (C=O) groups excluding carboxylic acids is 2. The number of halogens is 1. The smallest absolute Gasteiger partial charge is 0.267 e. The number of hydrogen-bond donors (Lipinski definition) is 2. The van der Waals surface area contributed by atoms with Crippen LogP contribution in [0.2, 0.25) is 0 Å². The molecule has 7 heteroatoms. The van der Waals surface area contributed by atoms with Crippen LogP contribution in [0.4, 0.5) is 4.39 Å². The topological polar surface area (TPSA) is 96.5 Å². The predicted octanol–water partition coefficient (Wildman–Crippen LogP) is 0.931. The lowest BCUT2D eigenvalue weighted by Crippen LogP contribution is -2.37. The second-order valence-electron chi connectivity index (χ2n) is 6.08. The van der Waals surface area contributed by atoms with Gasteiger partial charge < -0.3 is 15.7 Å². The molecule has 3 N–H and O–H groups in total. The maximum absolute atomic E-state index is 14.0. The van der Waals surface area contributed by atoms with Gasteiger partial charge in [-0.05, 0) is 29.8 Å². The van der Waals surface area contributed by atoms with E-state index < -0.39 is 23.2 Å². The average Bonchev–Trinajstić information content (AvgIpc) is 2.88. The first-order valence-electron chi connectivity index (χ1n) is 7.87. The summed E-state index contributed by atoms with van der Waals surface area (Å²) in [6, 6.07) is 7.17. The molecular weight excluding hydrogens is 337 g/mol. The molecule has 2 heterocycles. The molecule has 0 aliphatic carbocycles. The van der Waals surface area contributed by atoms with Crippen LogP contribution in [0.5, 0.6) is 0 Å². The molecule has 26 heavy (non-hydrogen) atoms. The zero-order chi connectivity index (χ0) is 18.9. The molecule has 0 bridgehead atoms. The summed E-state index contributed by atoms with van der Waals surface area (Å²) in [6.07, 6.45) is 1.60. The number of rotatable bonds is 2. The Labute approximate surface area is 149 Å². The van der Waals surface area contributed by atoms with Crippen molar-refractivity contribution >= 4 is 11.8 Å². The number of likely N-dealkylation sites (tertiary alicyclic amines) is 1. The standard InChI is InChI=1S/C19H16FN3O3/c1-23-8-6-19(26,18(23)25)5-4-12-9-13(11-14(20)10-12)15-3-2-7-22-16(15)17(21)24/h2-3,7,9-11,26H,6,8H2,1H3,(H2,21,24)/t19-/m0/s1. The molecule has 3 rings (SSSR count). The first-order chi connectivity index (χ1) is 12.3. The van der Waals surface area contributed by atoms with Gasteiger partial charge in [-0.3, -0.25) is 14.6 Å². The van der Waals surface area contributed by atoms with Crippen molar-refractivity contribution in [1.29, 1.82) is 0 Å². The maximum Gasteiger partial charge on any atom is 0.267 e. The molecule has 2 aromatic rings. The van der Waals surface area contributed by atoms with E-state index in [-0.39, 0.29) is 17.7 Å². The van der Waals surface area contributed by atoms with Gasteiger partial charge in [0, 0.05) is 37.3 Å². The lowest BCUT2D eigenvalue weighted by Gasteiger charge is -2.13. The van der Waals surface area contributed by atoms with E-state index in [9.17, 15) is 19.1 Å². The van der Waals surface area contributed by atoms with Crippen LogP contribution in [-0.2, 0) is 4.79 Å². The van der Waals surface area contributed by atoms with Gasteiger partial charge in [-0.25, -0.2) is 4.39 Å². The first kappa shape index (κ1) is 17.6. The van der Waals surface area contributed by atoms with Crippen molar-refractivity contribution in [3.63, 3.8) is 0 Å². The van der Waals surface area contributed by atoms with Gasteiger partial charge in [0.15, 0.2) is 0 Å². The van der Waals surface area contributed by atoms with Crippen LogP contribution in [0.15, 0.2) is 36.5 Å². The number of aromatic nitrogens is 1. The third kappa shape index (κ3) is 3.27. The van der Waals surface area contributed by atoms with Crippen LogP contribution < -0.4 is 5.73 Å². The third-order valence-electron chi connectivity index (χ3n) is 4.17. The van der Waals surface area contributed by atoms with Gasteiger partial charge in [-0.2, -0.15) is 0 Å². The Morgan fingerprint density at radius 1 is 1.42 bits per heavy atom. The molecule has 0 saturated carbocycles. The van der Waals surface area contributed by atoms with Crippen molar-refractivity contribution in [3.8, 4) is 23.0 Å². The molecule has 1 aromatic carbocycles. The van der Waals surface area contributed by atoms with Crippen molar-refractivity contribution in [1.82, 2.24) is 9.88 Å². The molecule has 1 atom stereocenters. The van der Waals surface area contributed by atoms with E-state index in [4.69, 9.17) is 5.73 Å². The number of pyridine rings is 1. The van der Waals surface area contributed by atoms with Gasteiger partial charge in [-0.1, -0.05) is 17.9 Å². The fourth-order valence-electron chi connectivity index (χ4n) is 2.80. The normalized spacial score (nSPS) is 19.2. The molecule has 0 spiro atoms. The molecule has 1 aliphatic heterocycles. The predicted molar refractivity (Wildman–Crippen MR) is 92.2 cm³/mol. The molecule has 1 fully saturated rings. The number of likely N-dealkylation sites (N-methyl/N-ethyl adjacent to an activating group) is 1. The van der Waals surface area contributed by atoms with Crippen molar-refractivity contribution in [2.24, 2.45) is 5.73 Å². The van der Waals surface area contributed by atoms with Crippen molar-refractivity contribution in [2.75, 3.05) is 13.6 Å². The fraction of sp³-hybridized carbons (Fsp3) is 0.211. The molecule has 1 saturated heterocycles. The SMILES string of the molecule is CN1CC[C@@](O)(C#Cc2cc(F)cc(-c3cccnc3C(N)=O)c2)C1=O. The van der Waals surface area contributed by atoms with E-state index in [1.54, 1.807) is 25.2 Å². The van der Waals surface area contributed by atoms with Crippen LogP contribution >= 0.6 is 0 Å². The second-order valence-corrected chi connectivity index (χ2v) is 6.08. The van der Waals surface area contributed by atoms with Crippen LogP contribution in [0, 0.1) is 17.7 Å². The molecule has 0 radical (unpaired) electrons. The van der Waals surface area contributed by atoms with Gasteiger partial charge in [0.1, 0.15) is 11.5 Å². The Morgan fingerprint density at radius 2 is 2.19 bits per heavy atom. The first-order valence-corrected chi connectivity index (χ1v) is 7.87. The zero-order valence-electron chi connectivity index (χ0n) is 14.0. The Balaban J connectivity index is 2.02. The third-order valence-corrected chi connectivity index (χ3v) is 4.17. The minimum absolute atomic E-state index is 0.0169. The average molecular weight is 353 g/mol. The minimum atomic E-state index is -1.77. The van der Waals surface area contributed by atoms with Gasteiger partial charge in [0.05, 0.1) is 0 Å². The molecule has 132 valence electrons. The molecule has 1 aromatic heterocycles. The highest BCUT2D eigenvalue weighted by Gasteiger charge is 2.42. The fourth-order valence-corrected chi connectivity index (χ4v) is 2.80. The lowest BCUT2D eigenvalue weighted by molar-refractivity contribution is -0.137. The van der Waals surface area contributed by atoms with Crippen LogP contribution in [0.25, 0.3) is 11.1 Å². The molecular formula is C19H16FN3O3. The summed E-state index contributed by atoms with van der Waals surface area (Å²) in [5.74, 6) is 3.40. The summed E-state index contributed by atoms with van der Waals surface area (Å²) in [7, 11) is 1.58. The highest BCUT2D eigenvalue weighted by Crippen LogP contribution is 2.25. The van der Waals surface area contributed by atoms with E-state index in [1.165, 1.54) is 23.2 Å². The molecule has 0 unspecified atom stereocenters. The van der Waals surface area contributed by atoms with E-state index in [2.05, 4.69) is 16.8 Å². The quantitative estimate of drug-likeness (QED) is 0.785. The lowest BCUT2D eigenvalue weighted by atomic mass is 9.99. The van der Waals surface area contributed by atoms with Gasteiger partial charge in [-0.15, -0.1) is 0 Å². The van der Waals surface area contributed by atoms with Gasteiger partial charge >= 0.3 is 0 Å². The van der Waals surface area contributed by atoms with E-state index in [0.29, 0.717) is 17.7 Å². The number of hydrogen-bond acceptors (Lipinski definition) is 4. The Hall–Kier alpha value is -3.24. The van der Waals surface area contributed by atoms with Crippen LogP contribution in [-0.4, -0.2) is 46.0 Å². The maximum atomic E-state index is 14.0. The Kier molecular flexibility index (Phi) is 4.45. The number of aliphatic hydroxyl groups is 1. The number of amides is 2. The number of benzene rings is 1. The van der Waals surface area contributed by atoms with Crippen molar-refractivity contribution in [3.05, 3.63) is 53.6 Å². The minimum Gasteiger partial charge on any atom is -0.369 e. The van der Waals surface area contributed by atoms with E-state index in [0.717, 1.165) is 0 Å². The summed E-state index contributed by atoms with van der Waals surface area (Å²) in [5, 5.41) is 10.3. The summed E-state index contributed by atoms with van der Waals surface area (Å²) >= 11 is 0. The number of carbonyl (C=O) groups is 2. The molecule has 6 nitrogen and oxygen atoms in total. The summed E-state index contributed by atoms with van der Waals surface area (Å²) in [5.41, 5.74) is 4.57. The van der Waals surface area contributed by atoms with Crippen molar-refractivity contribution < 1.29 is 19.1 Å².